The third-order valence-electron chi connectivity index (χ3n) is 6.39. The Hall–Kier alpha value is -2.91. The summed E-state index contributed by atoms with van der Waals surface area (Å²) in [7, 11) is -1.02. The van der Waals surface area contributed by atoms with Crippen molar-refractivity contribution in [3.05, 3.63) is 108 Å². The molecule has 0 radical (unpaired) electrons. The predicted octanol–water partition coefficient (Wildman–Crippen LogP) is 5.35. The summed E-state index contributed by atoms with van der Waals surface area (Å²) in [6.45, 7) is 6.34. The summed E-state index contributed by atoms with van der Waals surface area (Å²) in [5, 5.41) is 2.68. The highest BCUT2D eigenvalue weighted by Crippen LogP contribution is 2.38. The summed E-state index contributed by atoms with van der Waals surface area (Å²) < 4.78 is 5.28. The Morgan fingerprint density at radius 2 is 1.32 bits per heavy atom. The molecule has 3 aromatic carbocycles. The molecule has 0 amide bonds. The van der Waals surface area contributed by atoms with Crippen molar-refractivity contribution in [1.82, 2.24) is 0 Å². The van der Waals surface area contributed by atoms with E-state index in [1.807, 2.05) is 13.0 Å². The van der Waals surface area contributed by atoms with Gasteiger partial charge >= 0.3 is 5.97 Å². The molecule has 0 unspecified atom stereocenters. The molecule has 2 nitrogen and oxygen atoms in total. The van der Waals surface area contributed by atoms with Crippen LogP contribution in [-0.2, 0) is 9.53 Å². The van der Waals surface area contributed by atoms with Crippen LogP contribution in [-0.4, -0.2) is 21.2 Å². The van der Waals surface area contributed by atoms with Crippen LogP contribution in [0.3, 0.4) is 0 Å². The Morgan fingerprint density at radius 3 is 1.74 bits per heavy atom. The highest BCUT2D eigenvalue weighted by Gasteiger charge is 2.49. The molecule has 3 rings (SSSR count). The van der Waals surface area contributed by atoms with Gasteiger partial charge in [-0.05, 0) is 25.5 Å². The summed E-state index contributed by atoms with van der Waals surface area (Å²) in [6.07, 6.45) is 2.21. The fraction of sp³-hybridized carbons (Fsp3) is 0.250. The average Bonchev–Trinajstić information content (AvgIpc) is 2.84. The van der Waals surface area contributed by atoms with Crippen LogP contribution in [0.2, 0.25) is 6.04 Å². The van der Waals surface area contributed by atoms with E-state index in [0.717, 1.165) is 6.04 Å². The van der Waals surface area contributed by atoms with Gasteiger partial charge in [-0.3, -0.25) is 4.79 Å². The number of benzene rings is 3. The van der Waals surface area contributed by atoms with Gasteiger partial charge in [0.2, 0.25) is 0 Å². The summed E-state index contributed by atoms with van der Waals surface area (Å²) in [4.78, 5) is 13.0. The second kappa shape index (κ2) is 10.4. The molecule has 0 spiro atoms. The number of carbonyl (C=O) groups excluding carboxylic acids is 1. The normalized spacial score (nSPS) is 14.0. The van der Waals surface area contributed by atoms with Crippen molar-refractivity contribution in [3.8, 4) is 0 Å². The first-order chi connectivity index (χ1) is 15.0. The van der Waals surface area contributed by atoms with Gasteiger partial charge in [-0.15, -0.1) is 0 Å². The Labute approximate surface area is 187 Å². The summed E-state index contributed by atoms with van der Waals surface area (Å²) in [6, 6.07) is 33.1. The smallest absolute Gasteiger partial charge is 0.308 e. The predicted molar refractivity (Wildman–Crippen MR) is 133 cm³/mol. The molecular formula is C28H32O2Si. The second-order valence-electron chi connectivity index (χ2n) is 8.22. The Morgan fingerprint density at radius 1 is 0.871 bits per heavy atom. The van der Waals surface area contributed by atoms with Crippen LogP contribution in [0, 0.1) is 5.92 Å². The zero-order valence-corrected chi connectivity index (χ0v) is 19.9. The number of hydrogen-bond acceptors (Lipinski definition) is 2. The van der Waals surface area contributed by atoms with Crippen molar-refractivity contribution in [2.75, 3.05) is 7.11 Å². The van der Waals surface area contributed by atoms with Crippen molar-refractivity contribution >= 4 is 24.4 Å². The summed E-state index contributed by atoms with van der Waals surface area (Å²) in [5.74, 6) is -0.431. The van der Waals surface area contributed by atoms with Crippen LogP contribution in [0.15, 0.2) is 103 Å². The molecule has 0 bridgehead atoms. The van der Waals surface area contributed by atoms with Crippen molar-refractivity contribution in [3.63, 3.8) is 0 Å². The Kier molecular flexibility index (Phi) is 7.64. The molecule has 160 valence electrons. The third-order valence-corrected chi connectivity index (χ3v) is 12.1. The van der Waals surface area contributed by atoms with Crippen LogP contribution >= 0.6 is 0 Å². The van der Waals surface area contributed by atoms with E-state index in [1.165, 1.54) is 28.6 Å². The molecule has 0 N–H and O–H groups in total. The maximum absolute atomic E-state index is 13.0. The quantitative estimate of drug-likeness (QED) is 0.275. The fourth-order valence-corrected chi connectivity index (χ4v) is 10.9. The number of ether oxygens (including phenoxy) is 1. The zero-order chi connectivity index (χ0) is 22.3. The van der Waals surface area contributed by atoms with E-state index < -0.39 is 8.07 Å². The number of rotatable bonds is 8. The van der Waals surface area contributed by atoms with Crippen LogP contribution in [0.5, 0.6) is 0 Å². The number of carbonyl (C=O) groups is 1. The van der Waals surface area contributed by atoms with E-state index in [2.05, 4.69) is 105 Å². The van der Waals surface area contributed by atoms with Gasteiger partial charge in [-0.1, -0.05) is 120 Å². The van der Waals surface area contributed by atoms with E-state index in [4.69, 9.17) is 4.74 Å². The minimum atomic E-state index is -2.51. The number of hydrogen-bond donors (Lipinski definition) is 0. The highest BCUT2D eigenvalue weighted by molar-refractivity contribution is 7.03. The van der Waals surface area contributed by atoms with Gasteiger partial charge in [-0.25, -0.2) is 0 Å². The van der Waals surface area contributed by atoms with Gasteiger partial charge < -0.3 is 4.74 Å². The maximum Gasteiger partial charge on any atom is 0.308 e. The largest absolute Gasteiger partial charge is 0.469 e. The molecule has 3 heteroatoms. The van der Waals surface area contributed by atoms with Gasteiger partial charge in [0.25, 0.3) is 0 Å². The second-order valence-corrected chi connectivity index (χ2v) is 12.3. The van der Waals surface area contributed by atoms with Gasteiger partial charge in [0.05, 0.1) is 13.0 Å². The van der Waals surface area contributed by atoms with E-state index in [-0.39, 0.29) is 17.4 Å². The molecule has 0 heterocycles. The number of allylic oxidation sites excluding steroid dienone is 2. The van der Waals surface area contributed by atoms with Crippen molar-refractivity contribution in [2.45, 2.75) is 32.4 Å². The Balaban J connectivity index is 2.41. The highest BCUT2D eigenvalue weighted by atomic mass is 28.3. The maximum atomic E-state index is 13.0. The van der Waals surface area contributed by atoms with E-state index in [0.29, 0.717) is 0 Å². The minimum absolute atomic E-state index is 0.0286. The summed E-state index contributed by atoms with van der Waals surface area (Å²) >= 11 is 0. The van der Waals surface area contributed by atoms with Crippen molar-refractivity contribution in [1.29, 1.82) is 0 Å². The van der Waals surface area contributed by atoms with Crippen molar-refractivity contribution in [2.24, 2.45) is 5.92 Å². The lowest BCUT2D eigenvalue weighted by atomic mass is 10.0. The molecule has 0 aliphatic rings. The molecule has 2 atom stereocenters. The lowest BCUT2D eigenvalue weighted by Crippen LogP contribution is -2.64. The molecule has 31 heavy (non-hydrogen) atoms. The first kappa shape index (κ1) is 22.8. The van der Waals surface area contributed by atoms with Gasteiger partial charge in [0.1, 0.15) is 8.07 Å². The van der Waals surface area contributed by atoms with Crippen LogP contribution in [0.25, 0.3) is 0 Å². The molecular weight excluding hydrogens is 396 g/mol. The summed E-state index contributed by atoms with van der Waals surface area (Å²) in [5.41, 5.74) is 2.57. The third kappa shape index (κ3) is 4.72. The monoisotopic (exact) mass is 428 g/mol. The molecule has 0 aromatic heterocycles. The lowest BCUT2D eigenvalue weighted by molar-refractivity contribution is -0.145. The topological polar surface area (TPSA) is 26.3 Å². The zero-order valence-electron chi connectivity index (χ0n) is 18.9. The molecule has 0 aliphatic heterocycles. The van der Waals surface area contributed by atoms with E-state index in [9.17, 15) is 4.79 Å². The first-order valence-corrected chi connectivity index (χ1v) is 13.2. The van der Waals surface area contributed by atoms with Gasteiger partial charge in [0, 0.05) is 5.54 Å². The Bertz CT molecular complexity index is 957. The van der Waals surface area contributed by atoms with Gasteiger partial charge in [0.15, 0.2) is 0 Å². The van der Waals surface area contributed by atoms with E-state index >= 15 is 0 Å². The van der Waals surface area contributed by atoms with Gasteiger partial charge in [-0.2, -0.15) is 0 Å². The SMILES string of the molecule is C/C=C(/C)C[Si](c1ccccc1)(c1ccccc1)[C@@H](c1ccccc1)[C@@H](C)C(=O)OC. The molecule has 3 aromatic rings. The molecule has 0 aliphatic carbocycles. The minimum Gasteiger partial charge on any atom is -0.469 e. The average molecular weight is 429 g/mol. The number of esters is 1. The van der Waals surface area contributed by atoms with Crippen LogP contribution in [0.4, 0.5) is 0 Å². The molecule has 0 fully saturated rings. The fourth-order valence-electron chi connectivity index (χ4n) is 4.84. The van der Waals surface area contributed by atoms with Crippen LogP contribution < -0.4 is 10.4 Å². The lowest BCUT2D eigenvalue weighted by Gasteiger charge is -2.43. The van der Waals surface area contributed by atoms with Crippen molar-refractivity contribution < 1.29 is 9.53 Å². The van der Waals surface area contributed by atoms with E-state index in [1.54, 1.807) is 0 Å². The van der Waals surface area contributed by atoms with Crippen LogP contribution in [0.1, 0.15) is 31.9 Å². The standard InChI is InChI=1S/C28H32O2Si/c1-5-22(2)21-31(25-17-11-7-12-18-25,26-19-13-8-14-20-26)27(23(3)28(29)30-4)24-15-9-6-10-16-24/h5-20,23,27H,21H2,1-4H3/b22-5-/t23-,27-/m1/s1. The number of methoxy groups -OCH3 is 1. The first-order valence-electron chi connectivity index (χ1n) is 10.9. The molecule has 0 saturated heterocycles. The molecule has 0 saturated carbocycles.